The Hall–Kier alpha value is -2.80. The largest absolute Gasteiger partial charge is 0.297 e. The molecule has 3 aliphatic heterocycles. The Kier molecular flexibility index (Phi) is 4.45. The lowest BCUT2D eigenvalue weighted by atomic mass is 9.79. The van der Waals surface area contributed by atoms with Crippen LogP contribution < -0.4 is 4.90 Å². The van der Waals surface area contributed by atoms with Crippen LogP contribution in [0.25, 0.3) is 0 Å². The van der Waals surface area contributed by atoms with E-state index in [4.69, 9.17) is 0 Å². The second-order valence-electron chi connectivity index (χ2n) is 9.30. The molecule has 0 spiro atoms. The highest BCUT2D eigenvalue weighted by Crippen LogP contribution is 2.53. The number of hydrazone groups is 1. The first-order chi connectivity index (χ1) is 14.7. The summed E-state index contributed by atoms with van der Waals surface area (Å²) in [7, 11) is 0. The van der Waals surface area contributed by atoms with E-state index >= 15 is 0 Å². The van der Waals surface area contributed by atoms with Gasteiger partial charge in [0, 0.05) is 9.89 Å². The van der Waals surface area contributed by atoms with Gasteiger partial charge < -0.3 is 0 Å². The molecule has 3 aliphatic rings. The number of nitrogens with zero attached hydrogens (tertiary/aromatic N) is 3. The van der Waals surface area contributed by atoms with Gasteiger partial charge in [-0.1, -0.05) is 61.0 Å². The Labute approximate surface area is 189 Å². The van der Waals surface area contributed by atoms with Gasteiger partial charge in [-0.05, 0) is 35.4 Å². The van der Waals surface area contributed by atoms with Gasteiger partial charge in [-0.2, -0.15) is 5.10 Å². The minimum atomic E-state index is -0.781. The van der Waals surface area contributed by atoms with E-state index in [1.807, 2.05) is 45.0 Å². The highest BCUT2D eigenvalue weighted by atomic mass is 79.9. The van der Waals surface area contributed by atoms with Crippen LogP contribution in [0.15, 0.2) is 58.1 Å². The quantitative estimate of drug-likeness (QED) is 0.611. The molecule has 158 valence electrons. The lowest BCUT2D eigenvalue weighted by Gasteiger charge is -2.35. The fourth-order valence-electron chi connectivity index (χ4n) is 4.96. The number of benzene rings is 2. The van der Waals surface area contributed by atoms with Crippen LogP contribution in [0.4, 0.5) is 5.69 Å². The van der Waals surface area contributed by atoms with Gasteiger partial charge in [-0.3, -0.25) is 19.4 Å². The minimum Gasteiger partial charge on any atom is -0.297 e. The highest BCUT2D eigenvalue weighted by Gasteiger charge is 2.66. The van der Waals surface area contributed by atoms with Gasteiger partial charge in [0.2, 0.25) is 11.8 Å². The van der Waals surface area contributed by atoms with Crippen LogP contribution >= 0.6 is 15.9 Å². The maximum atomic E-state index is 13.7. The van der Waals surface area contributed by atoms with Gasteiger partial charge >= 0.3 is 0 Å². The third-order valence-corrected chi connectivity index (χ3v) is 6.91. The molecule has 0 radical (unpaired) electrons. The monoisotopic (exact) mass is 479 g/mol. The second kappa shape index (κ2) is 6.85. The number of carbonyl (C=O) groups is 3. The van der Waals surface area contributed by atoms with E-state index in [2.05, 4.69) is 21.0 Å². The fourth-order valence-corrected chi connectivity index (χ4v) is 5.22. The van der Waals surface area contributed by atoms with Crippen LogP contribution in [0.2, 0.25) is 0 Å². The zero-order valence-electron chi connectivity index (χ0n) is 17.4. The zero-order chi connectivity index (χ0) is 22.1. The van der Waals surface area contributed by atoms with E-state index in [1.54, 1.807) is 35.5 Å². The molecule has 2 fully saturated rings. The van der Waals surface area contributed by atoms with Crippen LogP contribution in [0.5, 0.6) is 0 Å². The molecule has 2 aromatic carbocycles. The predicted octanol–water partition coefficient (Wildman–Crippen LogP) is 3.94. The summed E-state index contributed by atoms with van der Waals surface area (Å²) in [6.07, 6.45) is 1.72. The third kappa shape index (κ3) is 2.90. The van der Waals surface area contributed by atoms with Crippen LogP contribution in [-0.2, 0) is 14.4 Å². The van der Waals surface area contributed by atoms with Gasteiger partial charge in [-0.15, -0.1) is 0 Å². The Bertz CT molecular complexity index is 1140. The topological polar surface area (TPSA) is 70.0 Å². The number of amides is 2. The minimum absolute atomic E-state index is 0.0830. The lowest BCUT2D eigenvalue weighted by Crippen LogP contribution is -2.48. The SMILES string of the molecule is CC(C)(C)C(=O)[C@H]1[C@H]2C(=O)N(c3ccc(Br)cc3)C(=O)[C@H]2[C@@H]2c3ccccc3C=NN12. The molecule has 2 aromatic rings. The molecule has 0 aromatic heterocycles. The van der Waals surface area contributed by atoms with E-state index in [1.165, 1.54) is 4.90 Å². The van der Waals surface area contributed by atoms with Gasteiger partial charge in [0.15, 0.2) is 5.78 Å². The highest BCUT2D eigenvalue weighted by molar-refractivity contribution is 9.10. The summed E-state index contributed by atoms with van der Waals surface area (Å²) in [5.41, 5.74) is 1.68. The number of hydrogen-bond acceptors (Lipinski definition) is 5. The Morgan fingerprint density at radius 2 is 1.61 bits per heavy atom. The Morgan fingerprint density at radius 3 is 2.29 bits per heavy atom. The summed E-state index contributed by atoms with van der Waals surface area (Å²) >= 11 is 3.39. The molecule has 0 bridgehead atoms. The maximum absolute atomic E-state index is 13.7. The summed E-state index contributed by atoms with van der Waals surface area (Å²) in [5.74, 6) is -2.12. The van der Waals surface area contributed by atoms with E-state index < -0.39 is 29.3 Å². The van der Waals surface area contributed by atoms with Crippen molar-refractivity contribution in [3.8, 4) is 0 Å². The molecular formula is C24H22BrN3O3. The molecule has 31 heavy (non-hydrogen) atoms. The van der Waals surface area contributed by atoms with E-state index in [9.17, 15) is 14.4 Å². The number of anilines is 1. The van der Waals surface area contributed by atoms with Crippen molar-refractivity contribution >= 4 is 45.4 Å². The number of imide groups is 1. The molecule has 2 saturated heterocycles. The van der Waals surface area contributed by atoms with Gasteiger partial charge in [0.1, 0.15) is 6.04 Å². The van der Waals surface area contributed by atoms with Crippen molar-refractivity contribution in [2.75, 3.05) is 4.90 Å². The first-order valence-corrected chi connectivity index (χ1v) is 11.1. The number of carbonyl (C=O) groups excluding carboxylic acids is 3. The van der Waals surface area contributed by atoms with E-state index in [0.29, 0.717) is 5.69 Å². The van der Waals surface area contributed by atoms with Crippen molar-refractivity contribution in [2.45, 2.75) is 32.9 Å². The molecule has 3 heterocycles. The summed E-state index contributed by atoms with van der Waals surface area (Å²) < 4.78 is 0.859. The number of hydrogen-bond donors (Lipinski definition) is 0. The Morgan fingerprint density at radius 1 is 0.968 bits per heavy atom. The number of ketones is 1. The van der Waals surface area contributed by atoms with Crippen molar-refractivity contribution in [3.05, 3.63) is 64.1 Å². The van der Waals surface area contributed by atoms with E-state index in [-0.39, 0.29) is 17.6 Å². The first-order valence-electron chi connectivity index (χ1n) is 10.3. The van der Waals surface area contributed by atoms with E-state index in [0.717, 1.165) is 15.6 Å². The number of halogens is 1. The van der Waals surface area contributed by atoms with Gasteiger partial charge in [0.05, 0.1) is 29.8 Å². The molecular weight excluding hydrogens is 458 g/mol. The maximum Gasteiger partial charge on any atom is 0.240 e. The summed E-state index contributed by atoms with van der Waals surface area (Å²) in [5, 5.41) is 6.28. The second-order valence-corrected chi connectivity index (χ2v) is 10.2. The third-order valence-electron chi connectivity index (χ3n) is 6.39. The van der Waals surface area contributed by atoms with Crippen molar-refractivity contribution in [1.29, 1.82) is 0 Å². The molecule has 0 unspecified atom stereocenters. The lowest BCUT2D eigenvalue weighted by molar-refractivity contribution is -0.136. The summed E-state index contributed by atoms with van der Waals surface area (Å²) in [6.45, 7) is 5.52. The average molecular weight is 480 g/mol. The standard InChI is InChI=1S/C24H22BrN3O3/c1-24(2,3)21(29)20-18-17(19-16-7-5-4-6-13(16)12-26-28(19)20)22(30)27(23(18)31)15-10-8-14(25)9-11-15/h4-12,17-20H,1-3H3/t17-,18+,19+,20-/m1/s1. The molecule has 0 saturated carbocycles. The average Bonchev–Trinajstić information content (AvgIpc) is 3.20. The molecule has 0 N–H and O–H groups in total. The first kappa shape index (κ1) is 20.1. The predicted molar refractivity (Wildman–Crippen MR) is 120 cm³/mol. The number of rotatable bonds is 2. The van der Waals surface area contributed by atoms with Gasteiger partial charge in [0.25, 0.3) is 0 Å². The van der Waals surface area contributed by atoms with Crippen molar-refractivity contribution in [3.63, 3.8) is 0 Å². The summed E-state index contributed by atoms with van der Waals surface area (Å²) in [4.78, 5) is 42.1. The van der Waals surface area contributed by atoms with Crippen LogP contribution in [0, 0.1) is 17.3 Å². The van der Waals surface area contributed by atoms with Crippen molar-refractivity contribution in [2.24, 2.45) is 22.4 Å². The fraction of sp³-hybridized carbons (Fsp3) is 0.333. The Balaban J connectivity index is 1.66. The molecule has 6 nitrogen and oxygen atoms in total. The van der Waals surface area contributed by atoms with Crippen molar-refractivity contribution < 1.29 is 14.4 Å². The smallest absolute Gasteiger partial charge is 0.240 e. The molecule has 4 atom stereocenters. The molecule has 0 aliphatic carbocycles. The van der Waals surface area contributed by atoms with Crippen LogP contribution in [0.1, 0.15) is 37.9 Å². The normalized spacial score (nSPS) is 26.7. The molecule has 7 heteroatoms. The zero-order valence-corrected chi connectivity index (χ0v) is 19.0. The molecule has 5 rings (SSSR count). The van der Waals surface area contributed by atoms with Gasteiger partial charge in [-0.25, -0.2) is 4.90 Å². The van der Waals surface area contributed by atoms with Crippen LogP contribution in [-0.4, -0.2) is 34.9 Å². The van der Waals surface area contributed by atoms with Crippen molar-refractivity contribution in [1.82, 2.24) is 5.01 Å². The number of Topliss-reactive ketones (excluding diaryl/α,β-unsaturated/α-hetero) is 1. The number of fused-ring (bicyclic) bond motifs is 5. The summed E-state index contributed by atoms with van der Waals surface area (Å²) in [6, 6.07) is 13.6. The molecule has 2 amide bonds. The van der Waals surface area contributed by atoms with Crippen LogP contribution in [0.3, 0.4) is 0 Å².